The quantitative estimate of drug-likeness (QED) is 0.530. The van der Waals surface area contributed by atoms with Crippen LogP contribution in [-0.2, 0) is 14.6 Å². The topological polar surface area (TPSA) is 102 Å². The normalized spacial score (nSPS) is 11.1. The summed E-state index contributed by atoms with van der Waals surface area (Å²) in [5, 5.41) is 5.19. The number of ether oxygens (including phenoxy) is 1. The number of sulfone groups is 1. The fourth-order valence-corrected chi connectivity index (χ4v) is 3.39. The molecule has 7 nitrogen and oxygen atoms in total. The fourth-order valence-electron chi connectivity index (χ4n) is 2.67. The van der Waals surface area contributed by atoms with Crippen LogP contribution in [0.15, 0.2) is 83.8 Å². The van der Waals surface area contributed by atoms with Gasteiger partial charge in [0.25, 0.3) is 11.8 Å². The van der Waals surface area contributed by atoms with Crippen LogP contribution in [-0.4, -0.2) is 32.6 Å². The molecule has 10 heteroatoms. The van der Waals surface area contributed by atoms with E-state index >= 15 is 0 Å². The second-order valence-corrected chi connectivity index (χ2v) is 8.40. The number of carbonyl (C=O) groups excluding carboxylic acids is 2. The minimum absolute atomic E-state index is 0.189. The number of hydrogen-bond acceptors (Lipinski definition) is 5. The van der Waals surface area contributed by atoms with Gasteiger partial charge in [-0.2, -0.15) is 8.78 Å². The third-order valence-electron chi connectivity index (χ3n) is 4.22. The number of benzene rings is 3. The zero-order chi connectivity index (χ0) is 23.1. The smallest absolute Gasteiger partial charge is 0.341 e. The van der Waals surface area contributed by atoms with Crippen LogP contribution in [0, 0.1) is 0 Å². The molecule has 0 aliphatic carbocycles. The molecule has 0 aromatic heterocycles. The lowest BCUT2D eigenvalue weighted by Crippen LogP contribution is -2.21. The maximum atomic E-state index is 12.6. The van der Waals surface area contributed by atoms with E-state index in [1.54, 1.807) is 42.5 Å². The first-order valence-corrected chi connectivity index (χ1v) is 10.8. The Morgan fingerprint density at radius 1 is 0.812 bits per heavy atom. The summed E-state index contributed by atoms with van der Waals surface area (Å²) in [4.78, 5) is 24.2. The highest BCUT2D eigenvalue weighted by Crippen LogP contribution is 2.21. The highest BCUT2D eigenvalue weighted by molar-refractivity contribution is 7.91. The molecule has 0 bridgehead atoms. The van der Waals surface area contributed by atoms with Crippen LogP contribution in [0.5, 0.6) is 5.75 Å². The van der Waals surface area contributed by atoms with Gasteiger partial charge in [0.05, 0.1) is 10.5 Å². The van der Waals surface area contributed by atoms with Crippen molar-refractivity contribution in [2.24, 2.45) is 0 Å². The zero-order valence-corrected chi connectivity index (χ0v) is 17.3. The summed E-state index contributed by atoms with van der Waals surface area (Å²) < 4.78 is 53.5. The standard InChI is InChI=1S/C22H18F2N2O5S/c23-22(24)32(29,30)17-12-10-16(11-13-17)25-20(27)14-31-19-9-5-4-8-18(19)21(28)26-15-6-2-1-3-7-15/h1-13,22H,14H2,(H,25,27)(H,26,28). The maximum absolute atomic E-state index is 12.6. The van der Waals surface area contributed by atoms with E-state index in [9.17, 15) is 26.8 Å². The molecule has 0 aliphatic rings. The van der Waals surface area contributed by atoms with Gasteiger partial charge < -0.3 is 15.4 Å². The Bertz CT molecular complexity index is 1200. The van der Waals surface area contributed by atoms with Crippen molar-refractivity contribution in [2.75, 3.05) is 17.2 Å². The van der Waals surface area contributed by atoms with Gasteiger partial charge in [-0.15, -0.1) is 0 Å². The average molecular weight is 460 g/mol. The molecule has 0 saturated carbocycles. The molecule has 0 aliphatic heterocycles. The molecule has 0 radical (unpaired) electrons. The van der Waals surface area contributed by atoms with E-state index in [1.807, 2.05) is 6.07 Å². The van der Waals surface area contributed by atoms with Crippen molar-refractivity contribution in [2.45, 2.75) is 10.7 Å². The largest absolute Gasteiger partial charge is 0.483 e. The predicted molar refractivity (Wildman–Crippen MR) is 115 cm³/mol. The van der Waals surface area contributed by atoms with Crippen LogP contribution in [0.1, 0.15) is 10.4 Å². The summed E-state index contributed by atoms with van der Waals surface area (Å²) in [6.45, 7) is -0.438. The van der Waals surface area contributed by atoms with E-state index < -0.39 is 38.9 Å². The molecule has 2 amide bonds. The zero-order valence-electron chi connectivity index (χ0n) is 16.5. The van der Waals surface area contributed by atoms with Crippen molar-refractivity contribution >= 4 is 33.0 Å². The van der Waals surface area contributed by atoms with E-state index in [-0.39, 0.29) is 17.0 Å². The lowest BCUT2D eigenvalue weighted by Gasteiger charge is -2.12. The number of halogens is 2. The van der Waals surface area contributed by atoms with Gasteiger partial charge in [0.15, 0.2) is 6.61 Å². The van der Waals surface area contributed by atoms with E-state index in [1.165, 1.54) is 18.2 Å². The molecular weight excluding hydrogens is 442 g/mol. The van der Waals surface area contributed by atoms with Crippen LogP contribution in [0.2, 0.25) is 0 Å². The Labute approximate surface area is 182 Å². The van der Waals surface area contributed by atoms with E-state index in [4.69, 9.17) is 4.74 Å². The molecule has 32 heavy (non-hydrogen) atoms. The van der Waals surface area contributed by atoms with Crippen molar-refractivity contribution < 1.29 is 31.5 Å². The molecule has 166 valence electrons. The molecule has 2 N–H and O–H groups in total. The second-order valence-electron chi connectivity index (χ2n) is 6.48. The van der Waals surface area contributed by atoms with Crippen LogP contribution < -0.4 is 15.4 Å². The number of alkyl halides is 2. The van der Waals surface area contributed by atoms with Gasteiger partial charge in [0.2, 0.25) is 9.84 Å². The van der Waals surface area contributed by atoms with Gasteiger partial charge in [-0.25, -0.2) is 8.42 Å². The van der Waals surface area contributed by atoms with Crippen LogP contribution >= 0.6 is 0 Å². The highest BCUT2D eigenvalue weighted by atomic mass is 32.2. The highest BCUT2D eigenvalue weighted by Gasteiger charge is 2.26. The van der Waals surface area contributed by atoms with E-state index in [0.717, 1.165) is 12.1 Å². The van der Waals surface area contributed by atoms with Crippen molar-refractivity contribution in [3.8, 4) is 5.75 Å². The Balaban J connectivity index is 1.61. The number of hydrogen-bond donors (Lipinski definition) is 2. The number of carbonyl (C=O) groups is 2. The molecule has 0 unspecified atom stereocenters. The van der Waals surface area contributed by atoms with Gasteiger partial charge in [-0.05, 0) is 48.5 Å². The fraction of sp³-hybridized carbons (Fsp3) is 0.0909. The molecule has 0 heterocycles. The average Bonchev–Trinajstić information content (AvgIpc) is 2.79. The minimum Gasteiger partial charge on any atom is -0.483 e. The first-order valence-electron chi connectivity index (χ1n) is 9.27. The molecule has 3 aromatic carbocycles. The van der Waals surface area contributed by atoms with Crippen LogP contribution in [0.3, 0.4) is 0 Å². The predicted octanol–water partition coefficient (Wildman–Crippen LogP) is 3.95. The SMILES string of the molecule is O=C(COc1ccccc1C(=O)Nc1ccccc1)Nc1ccc(S(=O)(=O)C(F)F)cc1. The summed E-state index contributed by atoms with van der Waals surface area (Å²) >= 11 is 0. The minimum atomic E-state index is -4.71. The van der Waals surface area contributed by atoms with Gasteiger partial charge in [0, 0.05) is 11.4 Å². The molecule has 0 atom stereocenters. The number of para-hydroxylation sites is 2. The molecule has 3 aromatic rings. The monoisotopic (exact) mass is 460 g/mol. The van der Waals surface area contributed by atoms with Crippen molar-refractivity contribution in [3.63, 3.8) is 0 Å². The maximum Gasteiger partial charge on any atom is 0.341 e. The summed E-state index contributed by atoms with van der Waals surface area (Å²) in [5.41, 5.74) is 1.02. The van der Waals surface area contributed by atoms with Crippen molar-refractivity contribution in [1.82, 2.24) is 0 Å². The number of nitrogens with one attached hydrogen (secondary N) is 2. The molecule has 3 rings (SSSR count). The summed E-state index contributed by atoms with van der Waals surface area (Å²) in [6, 6.07) is 19.5. The van der Waals surface area contributed by atoms with Gasteiger partial charge >= 0.3 is 5.76 Å². The molecule has 0 fully saturated rings. The van der Waals surface area contributed by atoms with Crippen LogP contribution in [0.4, 0.5) is 20.2 Å². The third kappa shape index (κ3) is 5.67. The number of amides is 2. The summed E-state index contributed by atoms with van der Waals surface area (Å²) in [5.74, 6) is -4.35. The van der Waals surface area contributed by atoms with Crippen molar-refractivity contribution in [1.29, 1.82) is 0 Å². The Kier molecular flexibility index (Phi) is 7.16. The number of rotatable bonds is 8. The molecule has 0 saturated heterocycles. The first-order chi connectivity index (χ1) is 15.3. The Morgan fingerprint density at radius 2 is 1.41 bits per heavy atom. The Morgan fingerprint density at radius 3 is 2.06 bits per heavy atom. The lowest BCUT2D eigenvalue weighted by atomic mass is 10.2. The van der Waals surface area contributed by atoms with E-state index in [2.05, 4.69) is 10.6 Å². The van der Waals surface area contributed by atoms with Gasteiger partial charge in [0.1, 0.15) is 5.75 Å². The molecular formula is C22H18F2N2O5S. The number of anilines is 2. The Hall–Kier alpha value is -3.79. The van der Waals surface area contributed by atoms with Crippen molar-refractivity contribution in [3.05, 3.63) is 84.4 Å². The summed E-state index contributed by atoms with van der Waals surface area (Å²) in [7, 11) is -4.71. The van der Waals surface area contributed by atoms with E-state index in [0.29, 0.717) is 5.69 Å². The van der Waals surface area contributed by atoms with Crippen LogP contribution in [0.25, 0.3) is 0 Å². The third-order valence-corrected chi connectivity index (χ3v) is 5.62. The first kappa shape index (κ1) is 22.9. The molecule has 0 spiro atoms. The lowest BCUT2D eigenvalue weighted by molar-refractivity contribution is -0.118. The summed E-state index contributed by atoms with van der Waals surface area (Å²) in [6.07, 6.45) is 0. The van der Waals surface area contributed by atoms with Gasteiger partial charge in [-0.1, -0.05) is 30.3 Å². The second kappa shape index (κ2) is 10.0. The van der Waals surface area contributed by atoms with Gasteiger partial charge in [-0.3, -0.25) is 9.59 Å².